The molecule has 2 aromatic rings. The highest BCUT2D eigenvalue weighted by Crippen LogP contribution is 2.21. The number of hydrogen-bond donors (Lipinski definition) is 1. The maximum absolute atomic E-state index is 5.89. The standard InChI is InChI=1S/C13H17ClN2S/c1-13(2,8-14)9-15-7-12-16-10-5-3-4-6-11(10)17-12/h3-6,15H,7-9H2,1-2H3. The number of halogens is 1. The Bertz CT molecular complexity index is 460. The van der Waals surface area contributed by atoms with Crippen molar-refractivity contribution >= 4 is 33.2 Å². The van der Waals surface area contributed by atoms with Gasteiger partial charge in [-0.2, -0.15) is 0 Å². The number of hydrogen-bond acceptors (Lipinski definition) is 3. The van der Waals surface area contributed by atoms with E-state index in [-0.39, 0.29) is 5.41 Å². The number of alkyl halides is 1. The third-order valence-electron chi connectivity index (χ3n) is 2.58. The summed E-state index contributed by atoms with van der Waals surface area (Å²) < 4.78 is 1.25. The van der Waals surface area contributed by atoms with Gasteiger partial charge in [-0.1, -0.05) is 26.0 Å². The molecule has 0 radical (unpaired) electrons. The maximum Gasteiger partial charge on any atom is 0.108 e. The van der Waals surface area contributed by atoms with E-state index in [0.717, 1.165) is 23.6 Å². The molecule has 0 amide bonds. The number of aromatic nitrogens is 1. The van der Waals surface area contributed by atoms with Crippen LogP contribution in [0.4, 0.5) is 0 Å². The second-order valence-electron chi connectivity index (χ2n) is 4.98. The Balaban J connectivity index is 1.95. The molecular weight excluding hydrogens is 252 g/mol. The number of nitrogens with one attached hydrogen (secondary N) is 1. The van der Waals surface area contributed by atoms with Gasteiger partial charge in [0.1, 0.15) is 5.01 Å². The van der Waals surface area contributed by atoms with Gasteiger partial charge < -0.3 is 5.32 Å². The average molecular weight is 269 g/mol. The molecule has 17 heavy (non-hydrogen) atoms. The fourth-order valence-corrected chi connectivity index (χ4v) is 2.58. The van der Waals surface area contributed by atoms with Gasteiger partial charge in [0.2, 0.25) is 0 Å². The molecule has 0 saturated carbocycles. The first-order valence-electron chi connectivity index (χ1n) is 5.72. The third-order valence-corrected chi connectivity index (χ3v) is 4.34. The van der Waals surface area contributed by atoms with E-state index >= 15 is 0 Å². The van der Waals surface area contributed by atoms with Crippen molar-refractivity contribution in [2.45, 2.75) is 20.4 Å². The fourth-order valence-electron chi connectivity index (χ4n) is 1.55. The second-order valence-corrected chi connectivity index (χ2v) is 6.36. The Hall–Kier alpha value is -0.640. The predicted octanol–water partition coefficient (Wildman–Crippen LogP) is 3.65. The topological polar surface area (TPSA) is 24.9 Å². The van der Waals surface area contributed by atoms with Crippen LogP contribution in [0.5, 0.6) is 0 Å². The Morgan fingerprint density at radius 1 is 1.35 bits per heavy atom. The third kappa shape index (κ3) is 3.41. The summed E-state index contributed by atoms with van der Waals surface area (Å²) >= 11 is 7.64. The molecule has 0 saturated heterocycles. The van der Waals surface area contributed by atoms with Crippen LogP contribution in [0.15, 0.2) is 24.3 Å². The zero-order chi connectivity index (χ0) is 12.3. The van der Waals surface area contributed by atoms with E-state index in [1.807, 2.05) is 12.1 Å². The summed E-state index contributed by atoms with van der Waals surface area (Å²) in [5.74, 6) is 0.667. The van der Waals surface area contributed by atoms with Gasteiger partial charge in [0.15, 0.2) is 0 Å². The predicted molar refractivity (Wildman–Crippen MR) is 75.8 cm³/mol. The molecule has 2 rings (SSSR count). The number of rotatable bonds is 5. The van der Waals surface area contributed by atoms with Gasteiger partial charge in [-0.05, 0) is 17.5 Å². The quantitative estimate of drug-likeness (QED) is 0.838. The van der Waals surface area contributed by atoms with E-state index in [9.17, 15) is 0 Å². The van der Waals surface area contributed by atoms with Gasteiger partial charge in [-0.15, -0.1) is 22.9 Å². The first kappa shape index (κ1) is 12.8. The van der Waals surface area contributed by atoms with Crippen LogP contribution in [-0.4, -0.2) is 17.4 Å². The van der Waals surface area contributed by atoms with Crippen molar-refractivity contribution in [2.24, 2.45) is 5.41 Å². The molecule has 1 aromatic carbocycles. The van der Waals surface area contributed by atoms with Crippen molar-refractivity contribution in [3.05, 3.63) is 29.3 Å². The summed E-state index contributed by atoms with van der Waals surface area (Å²) in [5, 5.41) is 4.55. The number of nitrogens with zero attached hydrogens (tertiary/aromatic N) is 1. The highest BCUT2D eigenvalue weighted by Gasteiger charge is 2.15. The van der Waals surface area contributed by atoms with Crippen molar-refractivity contribution in [3.8, 4) is 0 Å². The minimum Gasteiger partial charge on any atom is -0.310 e. The van der Waals surface area contributed by atoms with Crippen LogP contribution in [0.25, 0.3) is 10.2 Å². The molecule has 0 bridgehead atoms. The summed E-state index contributed by atoms with van der Waals surface area (Å²) in [4.78, 5) is 4.58. The van der Waals surface area contributed by atoms with Crippen LogP contribution in [0.3, 0.4) is 0 Å². The largest absolute Gasteiger partial charge is 0.310 e. The molecule has 92 valence electrons. The molecule has 0 spiro atoms. The number of benzene rings is 1. The summed E-state index contributed by atoms with van der Waals surface area (Å²) in [5.41, 5.74) is 1.23. The molecular formula is C13H17ClN2S. The number of para-hydroxylation sites is 1. The van der Waals surface area contributed by atoms with E-state index in [1.165, 1.54) is 4.70 Å². The Morgan fingerprint density at radius 3 is 2.82 bits per heavy atom. The first-order chi connectivity index (χ1) is 8.11. The molecule has 1 N–H and O–H groups in total. The van der Waals surface area contributed by atoms with Crippen LogP contribution < -0.4 is 5.32 Å². The van der Waals surface area contributed by atoms with Crippen molar-refractivity contribution in [1.82, 2.24) is 10.3 Å². The van der Waals surface area contributed by atoms with Crippen molar-refractivity contribution < 1.29 is 0 Å². The summed E-state index contributed by atoms with van der Waals surface area (Å²) in [6, 6.07) is 8.24. The van der Waals surface area contributed by atoms with E-state index in [2.05, 4.69) is 36.3 Å². The second kappa shape index (κ2) is 5.34. The van der Waals surface area contributed by atoms with Crippen molar-refractivity contribution in [1.29, 1.82) is 0 Å². The van der Waals surface area contributed by atoms with Gasteiger partial charge in [-0.3, -0.25) is 0 Å². The molecule has 0 atom stereocenters. The minimum atomic E-state index is 0.137. The minimum absolute atomic E-state index is 0.137. The van der Waals surface area contributed by atoms with Crippen LogP contribution in [0.1, 0.15) is 18.9 Å². The zero-order valence-electron chi connectivity index (χ0n) is 10.2. The first-order valence-corrected chi connectivity index (χ1v) is 7.07. The van der Waals surface area contributed by atoms with Gasteiger partial charge >= 0.3 is 0 Å². The maximum atomic E-state index is 5.89. The van der Waals surface area contributed by atoms with Gasteiger partial charge in [0, 0.05) is 19.0 Å². The van der Waals surface area contributed by atoms with E-state index < -0.39 is 0 Å². The van der Waals surface area contributed by atoms with Gasteiger partial charge in [-0.25, -0.2) is 4.98 Å². The monoisotopic (exact) mass is 268 g/mol. The molecule has 0 unspecified atom stereocenters. The SMILES string of the molecule is CC(C)(CCl)CNCc1nc2ccccc2s1. The lowest BCUT2D eigenvalue weighted by Crippen LogP contribution is -2.30. The molecule has 0 aliphatic carbocycles. The summed E-state index contributed by atoms with van der Waals surface area (Å²) in [6.45, 7) is 6.04. The normalized spacial score (nSPS) is 12.2. The van der Waals surface area contributed by atoms with Crippen LogP contribution >= 0.6 is 22.9 Å². The fraction of sp³-hybridized carbons (Fsp3) is 0.462. The number of thiazole rings is 1. The Labute approximate surface area is 111 Å². The van der Waals surface area contributed by atoms with E-state index in [1.54, 1.807) is 11.3 Å². The lowest BCUT2D eigenvalue weighted by atomic mass is 9.97. The zero-order valence-corrected chi connectivity index (χ0v) is 11.7. The molecule has 0 fully saturated rings. The van der Waals surface area contributed by atoms with E-state index in [0.29, 0.717) is 5.88 Å². The molecule has 4 heteroatoms. The van der Waals surface area contributed by atoms with Crippen molar-refractivity contribution in [2.75, 3.05) is 12.4 Å². The Kier molecular flexibility index (Phi) is 4.02. The van der Waals surface area contributed by atoms with Crippen LogP contribution in [0, 0.1) is 5.41 Å². The smallest absolute Gasteiger partial charge is 0.108 e. The summed E-state index contributed by atoms with van der Waals surface area (Å²) in [7, 11) is 0. The molecule has 1 aromatic heterocycles. The highest BCUT2D eigenvalue weighted by molar-refractivity contribution is 7.18. The van der Waals surface area contributed by atoms with Crippen LogP contribution in [-0.2, 0) is 6.54 Å². The average Bonchev–Trinajstić information content (AvgIpc) is 2.71. The molecule has 0 aliphatic heterocycles. The van der Waals surface area contributed by atoms with Crippen LogP contribution in [0.2, 0.25) is 0 Å². The molecule has 2 nitrogen and oxygen atoms in total. The Morgan fingerprint density at radius 2 is 2.12 bits per heavy atom. The lowest BCUT2D eigenvalue weighted by Gasteiger charge is -2.21. The lowest BCUT2D eigenvalue weighted by molar-refractivity contribution is 0.385. The summed E-state index contributed by atoms with van der Waals surface area (Å²) in [6.07, 6.45) is 0. The molecule has 0 aliphatic rings. The molecule has 1 heterocycles. The van der Waals surface area contributed by atoms with Crippen molar-refractivity contribution in [3.63, 3.8) is 0 Å². The van der Waals surface area contributed by atoms with Gasteiger partial charge in [0.05, 0.1) is 10.2 Å². The highest BCUT2D eigenvalue weighted by atomic mass is 35.5. The number of fused-ring (bicyclic) bond motifs is 1. The van der Waals surface area contributed by atoms with Gasteiger partial charge in [0.25, 0.3) is 0 Å². The van der Waals surface area contributed by atoms with E-state index in [4.69, 9.17) is 11.6 Å².